The molecule has 0 aromatic rings. The van der Waals surface area contributed by atoms with Crippen molar-refractivity contribution in [2.24, 2.45) is 17.8 Å². The van der Waals surface area contributed by atoms with Crippen LogP contribution in [0.15, 0.2) is 0 Å². The fraction of sp³-hybridized carbons (Fsp3) is 0.875. The first-order valence-corrected chi connectivity index (χ1v) is 8.19. The van der Waals surface area contributed by atoms with Gasteiger partial charge in [-0.3, -0.25) is 4.79 Å². The Hall–Kier alpha value is -1.26. The lowest BCUT2D eigenvalue weighted by Crippen LogP contribution is -2.46. The Kier molecular flexibility index (Phi) is 7.54. The summed E-state index contributed by atoms with van der Waals surface area (Å²) in [5.41, 5.74) is 0. The molecule has 1 saturated heterocycles. The van der Waals surface area contributed by atoms with E-state index in [0.29, 0.717) is 12.3 Å². The van der Waals surface area contributed by atoms with Crippen molar-refractivity contribution < 1.29 is 14.7 Å². The normalized spacial score (nSPS) is 17.8. The molecule has 1 rings (SSSR count). The molecule has 1 fully saturated rings. The van der Waals surface area contributed by atoms with Gasteiger partial charge in [0.1, 0.15) is 0 Å². The van der Waals surface area contributed by atoms with Crippen LogP contribution in [0.5, 0.6) is 0 Å². The summed E-state index contributed by atoms with van der Waals surface area (Å²) in [5, 5.41) is 12.0. The summed E-state index contributed by atoms with van der Waals surface area (Å²) in [6.45, 7) is 7.99. The SMILES string of the molecule is CCCC1CCN(C(=O)NCC(CC(C)C)C(=O)O)CC1. The lowest BCUT2D eigenvalue weighted by molar-refractivity contribution is -0.142. The lowest BCUT2D eigenvalue weighted by Gasteiger charge is -2.32. The van der Waals surface area contributed by atoms with Gasteiger partial charge in [0.05, 0.1) is 5.92 Å². The highest BCUT2D eigenvalue weighted by Crippen LogP contribution is 2.21. The van der Waals surface area contributed by atoms with Gasteiger partial charge in [-0.1, -0.05) is 33.6 Å². The quantitative estimate of drug-likeness (QED) is 0.759. The van der Waals surface area contributed by atoms with Crippen LogP contribution in [0.2, 0.25) is 0 Å². The van der Waals surface area contributed by atoms with Crippen molar-refractivity contribution in [3.8, 4) is 0 Å². The topological polar surface area (TPSA) is 69.6 Å². The molecule has 0 radical (unpaired) electrons. The number of urea groups is 1. The zero-order valence-corrected chi connectivity index (χ0v) is 13.6. The van der Waals surface area contributed by atoms with Crippen LogP contribution in [0.3, 0.4) is 0 Å². The molecule has 0 aromatic heterocycles. The highest BCUT2D eigenvalue weighted by atomic mass is 16.4. The summed E-state index contributed by atoms with van der Waals surface area (Å²) in [6.07, 6.45) is 5.16. The maximum Gasteiger partial charge on any atom is 0.317 e. The van der Waals surface area contributed by atoms with Crippen LogP contribution in [-0.4, -0.2) is 41.6 Å². The second kappa shape index (κ2) is 8.90. The number of amides is 2. The number of nitrogens with zero attached hydrogens (tertiary/aromatic N) is 1. The van der Waals surface area contributed by atoms with E-state index < -0.39 is 11.9 Å². The van der Waals surface area contributed by atoms with Crippen LogP contribution in [0.1, 0.15) is 52.9 Å². The van der Waals surface area contributed by atoms with Gasteiger partial charge in [-0.25, -0.2) is 4.79 Å². The fourth-order valence-corrected chi connectivity index (χ4v) is 3.00. The summed E-state index contributed by atoms with van der Waals surface area (Å²) >= 11 is 0. The van der Waals surface area contributed by atoms with E-state index >= 15 is 0 Å². The summed E-state index contributed by atoms with van der Waals surface area (Å²) < 4.78 is 0. The lowest BCUT2D eigenvalue weighted by atomic mass is 9.93. The number of piperidine rings is 1. The summed E-state index contributed by atoms with van der Waals surface area (Å²) in [5.74, 6) is -0.267. The first kappa shape index (κ1) is 17.8. The van der Waals surface area contributed by atoms with Crippen molar-refractivity contribution in [2.45, 2.75) is 52.9 Å². The van der Waals surface area contributed by atoms with E-state index in [-0.39, 0.29) is 12.6 Å². The Bertz CT molecular complexity index is 336. The zero-order chi connectivity index (χ0) is 15.8. The Labute approximate surface area is 128 Å². The predicted octanol–water partition coefficient (Wildman–Crippen LogP) is 2.96. The Morgan fingerprint density at radius 1 is 1.29 bits per heavy atom. The number of hydrogen-bond donors (Lipinski definition) is 2. The van der Waals surface area contributed by atoms with Crippen molar-refractivity contribution >= 4 is 12.0 Å². The Morgan fingerprint density at radius 2 is 1.90 bits per heavy atom. The van der Waals surface area contributed by atoms with E-state index in [9.17, 15) is 14.7 Å². The first-order chi connectivity index (χ1) is 9.93. The molecule has 1 aliphatic heterocycles. The predicted molar refractivity (Wildman–Crippen MR) is 83.2 cm³/mol. The van der Waals surface area contributed by atoms with E-state index in [1.165, 1.54) is 12.8 Å². The van der Waals surface area contributed by atoms with Crippen molar-refractivity contribution in [3.05, 3.63) is 0 Å². The average molecular weight is 298 g/mol. The third-order valence-electron chi connectivity index (χ3n) is 4.20. The third kappa shape index (κ3) is 6.36. The number of aliphatic carboxylic acids is 1. The minimum Gasteiger partial charge on any atom is -0.481 e. The molecule has 0 bridgehead atoms. The van der Waals surface area contributed by atoms with E-state index in [4.69, 9.17) is 0 Å². The molecule has 0 aliphatic carbocycles. The number of carboxylic acid groups (broad SMARTS) is 1. The van der Waals surface area contributed by atoms with Crippen LogP contribution >= 0.6 is 0 Å². The molecule has 5 nitrogen and oxygen atoms in total. The molecular weight excluding hydrogens is 268 g/mol. The Balaban J connectivity index is 2.34. The smallest absolute Gasteiger partial charge is 0.317 e. The van der Waals surface area contributed by atoms with Gasteiger partial charge in [0, 0.05) is 19.6 Å². The molecular formula is C16H30N2O3. The van der Waals surface area contributed by atoms with Gasteiger partial charge in [0.25, 0.3) is 0 Å². The maximum absolute atomic E-state index is 12.1. The molecule has 1 atom stereocenters. The van der Waals surface area contributed by atoms with E-state index in [2.05, 4.69) is 12.2 Å². The molecule has 0 saturated carbocycles. The average Bonchev–Trinajstić information content (AvgIpc) is 2.43. The standard InChI is InChI=1S/C16H30N2O3/c1-4-5-13-6-8-18(9-7-13)16(21)17-11-14(15(19)20)10-12(2)3/h12-14H,4-11H2,1-3H3,(H,17,21)(H,19,20). The van der Waals surface area contributed by atoms with Crippen LogP contribution in [-0.2, 0) is 4.79 Å². The fourth-order valence-electron chi connectivity index (χ4n) is 3.00. The van der Waals surface area contributed by atoms with Gasteiger partial charge >= 0.3 is 12.0 Å². The molecule has 122 valence electrons. The number of carbonyl (C=O) groups excluding carboxylic acids is 1. The highest BCUT2D eigenvalue weighted by molar-refractivity contribution is 5.76. The molecule has 1 aliphatic rings. The van der Waals surface area contributed by atoms with Crippen molar-refractivity contribution in [3.63, 3.8) is 0 Å². The molecule has 2 amide bonds. The minimum absolute atomic E-state index is 0.111. The number of likely N-dealkylation sites (tertiary alicyclic amines) is 1. The molecule has 1 unspecified atom stereocenters. The molecule has 21 heavy (non-hydrogen) atoms. The molecule has 1 heterocycles. The summed E-state index contributed by atoms with van der Waals surface area (Å²) in [7, 11) is 0. The summed E-state index contributed by atoms with van der Waals surface area (Å²) in [6, 6.07) is -0.111. The van der Waals surface area contributed by atoms with E-state index in [1.54, 1.807) is 0 Å². The monoisotopic (exact) mass is 298 g/mol. The molecule has 0 spiro atoms. The molecule has 5 heteroatoms. The number of nitrogens with one attached hydrogen (secondary N) is 1. The van der Waals surface area contributed by atoms with Crippen molar-refractivity contribution in [1.29, 1.82) is 0 Å². The van der Waals surface area contributed by atoms with Gasteiger partial charge < -0.3 is 15.3 Å². The van der Waals surface area contributed by atoms with Crippen LogP contribution in [0, 0.1) is 17.8 Å². The summed E-state index contributed by atoms with van der Waals surface area (Å²) in [4.78, 5) is 25.1. The highest BCUT2D eigenvalue weighted by Gasteiger charge is 2.24. The molecule has 2 N–H and O–H groups in total. The number of carbonyl (C=O) groups is 2. The van der Waals surface area contributed by atoms with Gasteiger partial charge in [0.2, 0.25) is 0 Å². The number of hydrogen-bond acceptors (Lipinski definition) is 2. The second-order valence-electron chi connectivity index (χ2n) is 6.57. The van der Waals surface area contributed by atoms with Crippen LogP contribution < -0.4 is 5.32 Å². The zero-order valence-electron chi connectivity index (χ0n) is 13.6. The van der Waals surface area contributed by atoms with E-state index in [0.717, 1.165) is 31.8 Å². The molecule has 0 aromatic carbocycles. The van der Waals surface area contributed by atoms with Gasteiger partial charge in [0.15, 0.2) is 0 Å². The van der Waals surface area contributed by atoms with Crippen molar-refractivity contribution in [2.75, 3.05) is 19.6 Å². The Morgan fingerprint density at radius 3 is 2.38 bits per heavy atom. The van der Waals surface area contributed by atoms with Gasteiger partial charge in [-0.05, 0) is 31.1 Å². The van der Waals surface area contributed by atoms with Crippen LogP contribution in [0.25, 0.3) is 0 Å². The largest absolute Gasteiger partial charge is 0.481 e. The number of carboxylic acids is 1. The first-order valence-electron chi connectivity index (χ1n) is 8.19. The van der Waals surface area contributed by atoms with E-state index in [1.807, 2.05) is 18.7 Å². The minimum atomic E-state index is -0.828. The number of rotatable bonds is 7. The van der Waals surface area contributed by atoms with Gasteiger partial charge in [-0.2, -0.15) is 0 Å². The second-order valence-corrected chi connectivity index (χ2v) is 6.57. The maximum atomic E-state index is 12.1. The van der Waals surface area contributed by atoms with Gasteiger partial charge in [-0.15, -0.1) is 0 Å². The van der Waals surface area contributed by atoms with Crippen LogP contribution in [0.4, 0.5) is 4.79 Å². The van der Waals surface area contributed by atoms with Crippen molar-refractivity contribution in [1.82, 2.24) is 10.2 Å². The third-order valence-corrected chi connectivity index (χ3v) is 4.20.